The molecular formula is C10H20ClNO2. The summed E-state index contributed by atoms with van der Waals surface area (Å²) in [5, 5.41) is 3.44. The normalized spacial score (nSPS) is 37.9. The standard InChI is InChI=1S/C10H19NO2.ClH/c1-2-9-6-11-7-10(13-9)4-3-5-12-8-10;/h9,11H,2-8H2,1H3;1H. The van der Waals surface area contributed by atoms with Crippen LogP contribution in [0.3, 0.4) is 0 Å². The molecule has 1 spiro atoms. The van der Waals surface area contributed by atoms with Crippen LogP contribution < -0.4 is 5.32 Å². The molecule has 2 saturated heterocycles. The van der Waals surface area contributed by atoms with Gasteiger partial charge in [-0.3, -0.25) is 0 Å². The van der Waals surface area contributed by atoms with E-state index in [4.69, 9.17) is 9.47 Å². The first-order valence-corrected chi connectivity index (χ1v) is 5.31. The second-order valence-electron chi connectivity index (χ2n) is 4.12. The summed E-state index contributed by atoms with van der Waals surface area (Å²) in [7, 11) is 0. The Morgan fingerprint density at radius 2 is 2.36 bits per heavy atom. The van der Waals surface area contributed by atoms with Crippen molar-refractivity contribution >= 4 is 12.4 Å². The molecule has 0 aromatic carbocycles. The largest absolute Gasteiger partial charge is 0.378 e. The Bertz CT molecular complexity index is 166. The summed E-state index contributed by atoms with van der Waals surface area (Å²) in [6.07, 6.45) is 3.76. The molecule has 0 saturated carbocycles. The van der Waals surface area contributed by atoms with Gasteiger partial charge >= 0.3 is 0 Å². The molecule has 2 atom stereocenters. The highest BCUT2D eigenvalue weighted by Gasteiger charge is 2.38. The van der Waals surface area contributed by atoms with Crippen molar-refractivity contribution in [3.05, 3.63) is 0 Å². The number of hydrogen-bond acceptors (Lipinski definition) is 3. The van der Waals surface area contributed by atoms with Crippen LogP contribution in [0.25, 0.3) is 0 Å². The van der Waals surface area contributed by atoms with E-state index < -0.39 is 0 Å². The molecule has 2 heterocycles. The van der Waals surface area contributed by atoms with E-state index in [-0.39, 0.29) is 18.0 Å². The average molecular weight is 222 g/mol. The molecule has 2 aliphatic rings. The Balaban J connectivity index is 0.000000980. The molecule has 4 heteroatoms. The highest BCUT2D eigenvalue weighted by molar-refractivity contribution is 5.85. The lowest BCUT2D eigenvalue weighted by molar-refractivity contribution is -0.173. The maximum absolute atomic E-state index is 6.08. The van der Waals surface area contributed by atoms with Gasteiger partial charge in [-0.15, -0.1) is 12.4 Å². The van der Waals surface area contributed by atoms with Crippen LogP contribution in [0.5, 0.6) is 0 Å². The number of ether oxygens (including phenoxy) is 2. The van der Waals surface area contributed by atoms with Gasteiger partial charge < -0.3 is 14.8 Å². The fourth-order valence-electron chi connectivity index (χ4n) is 2.18. The van der Waals surface area contributed by atoms with Crippen molar-refractivity contribution in [1.82, 2.24) is 5.32 Å². The van der Waals surface area contributed by atoms with Crippen molar-refractivity contribution in [1.29, 1.82) is 0 Å². The van der Waals surface area contributed by atoms with E-state index in [9.17, 15) is 0 Å². The highest BCUT2D eigenvalue weighted by atomic mass is 35.5. The topological polar surface area (TPSA) is 30.5 Å². The Labute approximate surface area is 91.9 Å². The second-order valence-corrected chi connectivity index (χ2v) is 4.12. The molecule has 2 unspecified atom stereocenters. The van der Waals surface area contributed by atoms with E-state index in [0.717, 1.165) is 45.6 Å². The Morgan fingerprint density at radius 1 is 1.50 bits per heavy atom. The summed E-state index contributed by atoms with van der Waals surface area (Å²) in [5.74, 6) is 0. The SMILES string of the molecule is CCC1CNCC2(CCCOC2)O1.Cl. The zero-order valence-electron chi connectivity index (χ0n) is 8.75. The van der Waals surface area contributed by atoms with Crippen LogP contribution in [0.15, 0.2) is 0 Å². The van der Waals surface area contributed by atoms with E-state index in [1.807, 2.05) is 0 Å². The molecule has 0 aromatic heterocycles. The number of hydrogen-bond donors (Lipinski definition) is 1. The lowest BCUT2D eigenvalue weighted by Crippen LogP contribution is -2.57. The van der Waals surface area contributed by atoms with Crippen molar-refractivity contribution in [2.45, 2.75) is 37.9 Å². The van der Waals surface area contributed by atoms with E-state index >= 15 is 0 Å². The second kappa shape index (κ2) is 5.31. The fraction of sp³-hybridized carbons (Fsp3) is 1.00. The van der Waals surface area contributed by atoms with Crippen molar-refractivity contribution in [2.75, 3.05) is 26.3 Å². The van der Waals surface area contributed by atoms with Crippen molar-refractivity contribution in [3.63, 3.8) is 0 Å². The summed E-state index contributed by atoms with van der Waals surface area (Å²) in [4.78, 5) is 0. The summed E-state index contributed by atoms with van der Waals surface area (Å²) in [6, 6.07) is 0. The summed E-state index contributed by atoms with van der Waals surface area (Å²) in [6.45, 7) is 5.81. The summed E-state index contributed by atoms with van der Waals surface area (Å²) in [5.41, 5.74) is -0.00280. The minimum absolute atomic E-state index is 0. The minimum Gasteiger partial charge on any atom is -0.378 e. The Morgan fingerprint density at radius 3 is 3.00 bits per heavy atom. The third-order valence-electron chi connectivity index (χ3n) is 2.98. The zero-order chi connectivity index (χ0) is 9.15. The van der Waals surface area contributed by atoms with Crippen LogP contribution in [-0.4, -0.2) is 38.0 Å². The number of morpholine rings is 1. The van der Waals surface area contributed by atoms with Crippen molar-refractivity contribution in [2.24, 2.45) is 0 Å². The first-order valence-electron chi connectivity index (χ1n) is 5.31. The smallest absolute Gasteiger partial charge is 0.104 e. The van der Waals surface area contributed by atoms with Gasteiger partial charge in [-0.05, 0) is 19.3 Å². The summed E-state index contributed by atoms with van der Waals surface area (Å²) >= 11 is 0. The predicted octanol–water partition coefficient (Wildman–Crippen LogP) is 1.36. The number of rotatable bonds is 1. The summed E-state index contributed by atoms with van der Waals surface area (Å²) < 4.78 is 11.6. The maximum atomic E-state index is 6.08. The third-order valence-corrected chi connectivity index (χ3v) is 2.98. The molecule has 2 aliphatic heterocycles. The average Bonchev–Trinajstić information content (AvgIpc) is 2.19. The van der Waals surface area contributed by atoms with E-state index in [2.05, 4.69) is 12.2 Å². The molecule has 0 amide bonds. The monoisotopic (exact) mass is 221 g/mol. The molecule has 84 valence electrons. The van der Waals surface area contributed by atoms with Crippen LogP contribution >= 0.6 is 12.4 Å². The van der Waals surface area contributed by atoms with Crippen LogP contribution in [0.2, 0.25) is 0 Å². The fourth-order valence-corrected chi connectivity index (χ4v) is 2.18. The first-order chi connectivity index (χ1) is 6.35. The van der Waals surface area contributed by atoms with E-state index in [0.29, 0.717) is 6.10 Å². The third kappa shape index (κ3) is 2.60. The lowest BCUT2D eigenvalue weighted by Gasteiger charge is -2.43. The molecule has 0 bridgehead atoms. The molecule has 2 rings (SSSR count). The minimum atomic E-state index is -0.00280. The molecular weight excluding hydrogens is 202 g/mol. The van der Waals surface area contributed by atoms with Gasteiger partial charge in [0.1, 0.15) is 5.60 Å². The molecule has 0 aliphatic carbocycles. The Hall–Kier alpha value is 0.170. The van der Waals surface area contributed by atoms with Gasteiger partial charge in [0, 0.05) is 19.7 Å². The van der Waals surface area contributed by atoms with E-state index in [1.54, 1.807) is 0 Å². The van der Waals surface area contributed by atoms with Crippen LogP contribution in [-0.2, 0) is 9.47 Å². The quantitative estimate of drug-likeness (QED) is 0.725. The van der Waals surface area contributed by atoms with Gasteiger partial charge in [-0.2, -0.15) is 0 Å². The van der Waals surface area contributed by atoms with Crippen molar-refractivity contribution < 1.29 is 9.47 Å². The molecule has 3 nitrogen and oxygen atoms in total. The molecule has 14 heavy (non-hydrogen) atoms. The van der Waals surface area contributed by atoms with Crippen LogP contribution in [0, 0.1) is 0 Å². The van der Waals surface area contributed by atoms with Gasteiger partial charge in [0.15, 0.2) is 0 Å². The van der Waals surface area contributed by atoms with Crippen LogP contribution in [0.1, 0.15) is 26.2 Å². The predicted molar refractivity (Wildman–Crippen MR) is 58.1 cm³/mol. The van der Waals surface area contributed by atoms with Gasteiger partial charge in [0.05, 0.1) is 12.7 Å². The molecule has 2 fully saturated rings. The maximum Gasteiger partial charge on any atom is 0.104 e. The molecule has 1 N–H and O–H groups in total. The highest BCUT2D eigenvalue weighted by Crippen LogP contribution is 2.27. The van der Waals surface area contributed by atoms with Crippen LogP contribution in [0.4, 0.5) is 0 Å². The van der Waals surface area contributed by atoms with E-state index in [1.165, 1.54) is 0 Å². The number of halogens is 1. The van der Waals surface area contributed by atoms with Gasteiger partial charge in [-0.25, -0.2) is 0 Å². The first kappa shape index (κ1) is 12.2. The van der Waals surface area contributed by atoms with Gasteiger partial charge in [0.25, 0.3) is 0 Å². The Kier molecular flexibility index (Phi) is 4.64. The van der Waals surface area contributed by atoms with Crippen molar-refractivity contribution in [3.8, 4) is 0 Å². The zero-order valence-corrected chi connectivity index (χ0v) is 9.57. The van der Waals surface area contributed by atoms with Gasteiger partial charge in [-0.1, -0.05) is 6.92 Å². The van der Waals surface area contributed by atoms with Gasteiger partial charge in [0.2, 0.25) is 0 Å². The molecule has 0 radical (unpaired) electrons. The number of nitrogens with one attached hydrogen (secondary N) is 1. The molecule has 0 aromatic rings. The lowest BCUT2D eigenvalue weighted by atomic mass is 9.94.